The van der Waals surface area contributed by atoms with Gasteiger partial charge >= 0.3 is 0 Å². The molecule has 2 aromatic rings. The summed E-state index contributed by atoms with van der Waals surface area (Å²) < 4.78 is 41.8. The Bertz CT molecular complexity index is 973. The summed E-state index contributed by atoms with van der Waals surface area (Å²) in [6.45, 7) is 5.11. The minimum Gasteiger partial charge on any atom is -0.332 e. The van der Waals surface area contributed by atoms with Gasteiger partial charge in [0, 0.05) is 31.2 Å². The third-order valence-corrected chi connectivity index (χ3v) is 7.60. The second kappa shape index (κ2) is 9.71. The molecule has 1 unspecified atom stereocenters. The highest BCUT2D eigenvalue weighted by molar-refractivity contribution is 7.89. The Morgan fingerprint density at radius 2 is 1.77 bits per heavy atom. The average Bonchev–Trinajstić information content (AvgIpc) is 2.78. The lowest BCUT2D eigenvalue weighted by atomic mass is 10.1. The van der Waals surface area contributed by atoms with Gasteiger partial charge in [-0.15, -0.1) is 0 Å². The number of sulfonamides is 1. The predicted molar refractivity (Wildman–Crippen MR) is 115 cm³/mol. The summed E-state index contributed by atoms with van der Waals surface area (Å²) in [5.41, 5.74) is 1.16. The first-order valence-corrected chi connectivity index (χ1v) is 11.9. The topological polar surface area (TPSA) is 57.7 Å². The molecule has 1 heterocycles. The van der Waals surface area contributed by atoms with Crippen LogP contribution in [0.2, 0.25) is 0 Å². The fourth-order valence-electron chi connectivity index (χ4n) is 3.67. The van der Waals surface area contributed by atoms with Crippen LogP contribution >= 0.6 is 0 Å². The molecule has 1 aliphatic heterocycles. The first-order chi connectivity index (χ1) is 14.3. The summed E-state index contributed by atoms with van der Waals surface area (Å²) in [6.07, 6.45) is 3.24. The monoisotopic (exact) mass is 432 g/mol. The van der Waals surface area contributed by atoms with Crippen molar-refractivity contribution >= 4 is 15.9 Å². The van der Waals surface area contributed by atoms with Crippen molar-refractivity contribution in [3.63, 3.8) is 0 Å². The van der Waals surface area contributed by atoms with Gasteiger partial charge < -0.3 is 4.90 Å². The van der Waals surface area contributed by atoms with Crippen molar-refractivity contribution in [2.24, 2.45) is 0 Å². The number of hydrogen-bond donors (Lipinski definition) is 0. The summed E-state index contributed by atoms with van der Waals surface area (Å²) in [7, 11) is -3.97. The third kappa shape index (κ3) is 4.90. The van der Waals surface area contributed by atoms with Crippen LogP contribution in [-0.4, -0.2) is 42.7 Å². The van der Waals surface area contributed by atoms with E-state index in [0.29, 0.717) is 19.6 Å². The molecule has 0 saturated carbocycles. The van der Waals surface area contributed by atoms with Gasteiger partial charge in [0.15, 0.2) is 0 Å². The summed E-state index contributed by atoms with van der Waals surface area (Å²) in [6, 6.07) is 13.2. The van der Waals surface area contributed by atoms with Crippen molar-refractivity contribution in [1.29, 1.82) is 0 Å². The van der Waals surface area contributed by atoms with E-state index in [1.54, 1.807) is 4.90 Å². The Morgan fingerprint density at radius 3 is 2.40 bits per heavy atom. The maximum absolute atomic E-state index is 14.5. The molecule has 2 aromatic carbocycles. The largest absolute Gasteiger partial charge is 0.332 e. The quantitative estimate of drug-likeness (QED) is 0.650. The molecule has 3 rings (SSSR count). The zero-order valence-corrected chi connectivity index (χ0v) is 18.4. The van der Waals surface area contributed by atoms with Gasteiger partial charge in [0.25, 0.3) is 5.91 Å². The van der Waals surface area contributed by atoms with Crippen LogP contribution in [0.15, 0.2) is 53.4 Å². The van der Waals surface area contributed by atoms with Crippen LogP contribution in [0.1, 0.15) is 55.5 Å². The van der Waals surface area contributed by atoms with Crippen molar-refractivity contribution in [3.8, 4) is 0 Å². The SMILES string of the molecule is CCC(C)N(Cc1ccccc1)C(=O)c1ccc(F)c(S(=O)(=O)N2CCCCC2)c1. The molecule has 1 atom stereocenters. The van der Waals surface area contributed by atoms with Gasteiger partial charge in [-0.05, 0) is 49.9 Å². The van der Waals surface area contributed by atoms with E-state index < -0.39 is 20.7 Å². The molecule has 1 fully saturated rings. The van der Waals surface area contributed by atoms with E-state index >= 15 is 0 Å². The van der Waals surface area contributed by atoms with Gasteiger partial charge in [0.05, 0.1) is 0 Å². The van der Waals surface area contributed by atoms with Crippen LogP contribution in [0, 0.1) is 5.82 Å². The molecule has 1 saturated heterocycles. The Morgan fingerprint density at radius 1 is 1.10 bits per heavy atom. The molecule has 0 radical (unpaired) electrons. The van der Waals surface area contributed by atoms with Gasteiger partial charge in [-0.1, -0.05) is 43.7 Å². The van der Waals surface area contributed by atoms with E-state index in [4.69, 9.17) is 0 Å². The number of rotatable bonds is 7. The van der Waals surface area contributed by atoms with E-state index in [9.17, 15) is 17.6 Å². The van der Waals surface area contributed by atoms with Gasteiger partial charge in [-0.3, -0.25) is 4.79 Å². The number of piperidine rings is 1. The molecule has 0 bridgehead atoms. The molecule has 0 aliphatic carbocycles. The normalized spacial score (nSPS) is 16.2. The van der Waals surface area contributed by atoms with Gasteiger partial charge in [0.1, 0.15) is 10.7 Å². The highest BCUT2D eigenvalue weighted by Gasteiger charge is 2.30. The molecular formula is C23H29FN2O3S. The third-order valence-electron chi connectivity index (χ3n) is 5.69. The first kappa shape index (κ1) is 22.4. The fourth-order valence-corrected chi connectivity index (χ4v) is 5.28. The van der Waals surface area contributed by atoms with E-state index in [-0.39, 0.29) is 17.5 Å². The van der Waals surface area contributed by atoms with E-state index in [2.05, 4.69) is 0 Å². The minimum atomic E-state index is -3.97. The number of hydrogen-bond acceptors (Lipinski definition) is 3. The van der Waals surface area contributed by atoms with E-state index in [1.807, 2.05) is 44.2 Å². The molecule has 162 valence electrons. The second-order valence-corrected chi connectivity index (χ2v) is 9.69. The maximum Gasteiger partial charge on any atom is 0.254 e. The van der Waals surface area contributed by atoms with Crippen molar-refractivity contribution in [3.05, 3.63) is 65.5 Å². The van der Waals surface area contributed by atoms with Crippen molar-refractivity contribution < 1.29 is 17.6 Å². The molecule has 7 heteroatoms. The van der Waals surface area contributed by atoms with Crippen molar-refractivity contribution in [1.82, 2.24) is 9.21 Å². The van der Waals surface area contributed by atoms with Crippen molar-refractivity contribution in [2.45, 2.75) is 57.0 Å². The summed E-state index contributed by atoms with van der Waals surface area (Å²) in [4.78, 5) is 14.6. The molecule has 0 N–H and O–H groups in total. The van der Waals surface area contributed by atoms with Crippen LogP contribution in [0.4, 0.5) is 4.39 Å². The maximum atomic E-state index is 14.5. The van der Waals surface area contributed by atoms with Gasteiger partial charge in [0.2, 0.25) is 10.0 Å². The highest BCUT2D eigenvalue weighted by Crippen LogP contribution is 2.25. The predicted octanol–water partition coefficient (Wildman–Crippen LogP) is 4.44. The number of halogens is 1. The standard InChI is InChI=1S/C23H29FN2O3S/c1-3-18(2)26(17-19-10-6-4-7-11-19)23(27)20-12-13-21(24)22(16-20)30(28,29)25-14-8-5-9-15-25/h4,6-7,10-13,16,18H,3,5,8-9,14-15,17H2,1-2H3. The lowest BCUT2D eigenvalue weighted by Crippen LogP contribution is -2.38. The van der Waals surface area contributed by atoms with Gasteiger partial charge in [-0.25, -0.2) is 12.8 Å². The molecule has 0 spiro atoms. The van der Waals surface area contributed by atoms with Gasteiger partial charge in [-0.2, -0.15) is 4.31 Å². The Labute approximate surface area is 178 Å². The highest BCUT2D eigenvalue weighted by atomic mass is 32.2. The second-order valence-electron chi connectivity index (χ2n) is 7.79. The van der Waals surface area contributed by atoms with E-state index in [0.717, 1.165) is 37.3 Å². The fraction of sp³-hybridized carbons (Fsp3) is 0.435. The summed E-state index contributed by atoms with van der Waals surface area (Å²) in [5.74, 6) is -1.13. The molecular weight excluding hydrogens is 403 g/mol. The molecule has 30 heavy (non-hydrogen) atoms. The van der Waals surface area contributed by atoms with Crippen LogP contribution in [0.5, 0.6) is 0 Å². The number of carbonyl (C=O) groups excluding carboxylic acids is 1. The lowest BCUT2D eigenvalue weighted by Gasteiger charge is -2.29. The average molecular weight is 433 g/mol. The molecule has 1 amide bonds. The van der Waals surface area contributed by atoms with Crippen LogP contribution in [-0.2, 0) is 16.6 Å². The van der Waals surface area contributed by atoms with Crippen molar-refractivity contribution in [2.75, 3.05) is 13.1 Å². The smallest absolute Gasteiger partial charge is 0.254 e. The Hall–Kier alpha value is -2.25. The Balaban J connectivity index is 1.93. The first-order valence-electron chi connectivity index (χ1n) is 10.5. The van der Waals surface area contributed by atoms with Crippen LogP contribution in [0.3, 0.4) is 0 Å². The number of nitrogens with zero attached hydrogens (tertiary/aromatic N) is 2. The minimum absolute atomic E-state index is 0.0510. The van der Waals surface area contributed by atoms with E-state index in [1.165, 1.54) is 16.4 Å². The molecule has 5 nitrogen and oxygen atoms in total. The van der Waals surface area contributed by atoms with Crippen LogP contribution < -0.4 is 0 Å². The summed E-state index contributed by atoms with van der Waals surface area (Å²) in [5, 5.41) is 0. The number of carbonyl (C=O) groups is 1. The lowest BCUT2D eigenvalue weighted by molar-refractivity contribution is 0.0671. The summed E-state index contributed by atoms with van der Waals surface area (Å²) >= 11 is 0. The Kier molecular flexibility index (Phi) is 7.26. The zero-order chi connectivity index (χ0) is 21.7. The number of amides is 1. The number of benzene rings is 2. The molecule has 0 aromatic heterocycles. The molecule has 1 aliphatic rings. The zero-order valence-electron chi connectivity index (χ0n) is 17.6. The van der Waals surface area contributed by atoms with Crippen LogP contribution in [0.25, 0.3) is 0 Å².